The SMILES string of the molecule is c1ccc2c(c1)-c1ccccc1-c1ccc3c(sc4ccccc43)c1-c1ccccc1-2. The summed E-state index contributed by atoms with van der Waals surface area (Å²) in [6.07, 6.45) is 0. The van der Waals surface area contributed by atoms with Crippen molar-refractivity contribution in [2.24, 2.45) is 0 Å². The molecule has 0 unspecified atom stereocenters. The van der Waals surface area contributed by atoms with Gasteiger partial charge in [-0.2, -0.15) is 0 Å². The molecule has 1 aliphatic rings. The van der Waals surface area contributed by atoms with Crippen molar-refractivity contribution in [3.63, 3.8) is 0 Å². The summed E-state index contributed by atoms with van der Waals surface area (Å²) in [5, 5.41) is 2.69. The predicted octanol–water partition coefficient (Wildman–Crippen LogP) is 9.04. The molecule has 1 aromatic heterocycles. The Morgan fingerprint density at radius 3 is 1.48 bits per heavy atom. The molecule has 0 fully saturated rings. The van der Waals surface area contributed by atoms with E-state index in [-0.39, 0.29) is 0 Å². The predicted molar refractivity (Wildman–Crippen MR) is 135 cm³/mol. The topological polar surface area (TPSA) is 0 Å². The molecule has 1 heterocycles. The molecule has 0 saturated heterocycles. The normalized spacial score (nSPS) is 11.9. The average Bonchev–Trinajstić information content (AvgIpc) is 3.21. The number of benzene rings is 5. The van der Waals surface area contributed by atoms with Gasteiger partial charge in [0.2, 0.25) is 0 Å². The van der Waals surface area contributed by atoms with E-state index in [4.69, 9.17) is 0 Å². The monoisotopic (exact) mass is 410 g/mol. The van der Waals surface area contributed by atoms with Gasteiger partial charge in [-0.15, -0.1) is 11.3 Å². The summed E-state index contributed by atoms with van der Waals surface area (Å²) >= 11 is 1.91. The van der Waals surface area contributed by atoms with Crippen LogP contribution in [0.5, 0.6) is 0 Å². The fourth-order valence-corrected chi connectivity index (χ4v) is 6.39. The molecule has 1 aliphatic carbocycles. The minimum Gasteiger partial charge on any atom is -0.135 e. The second-order valence-corrected chi connectivity index (χ2v) is 9.15. The molecule has 5 aromatic carbocycles. The molecule has 0 amide bonds. The van der Waals surface area contributed by atoms with Crippen LogP contribution in [0.1, 0.15) is 0 Å². The summed E-state index contributed by atoms with van der Waals surface area (Å²) in [5.74, 6) is 0. The summed E-state index contributed by atoms with van der Waals surface area (Å²) < 4.78 is 2.72. The van der Waals surface area contributed by atoms with Crippen LogP contribution in [0.25, 0.3) is 64.7 Å². The van der Waals surface area contributed by atoms with Crippen LogP contribution >= 0.6 is 11.3 Å². The van der Waals surface area contributed by atoms with Crippen molar-refractivity contribution in [1.82, 2.24) is 0 Å². The van der Waals surface area contributed by atoms with Gasteiger partial charge in [-0.25, -0.2) is 0 Å². The van der Waals surface area contributed by atoms with Gasteiger partial charge in [0.1, 0.15) is 0 Å². The molecule has 7 rings (SSSR count). The Bertz CT molecular complexity index is 1630. The van der Waals surface area contributed by atoms with Crippen LogP contribution < -0.4 is 0 Å². The maximum Gasteiger partial charge on any atom is 0.0440 e. The molecule has 0 saturated carbocycles. The van der Waals surface area contributed by atoms with E-state index in [0.717, 1.165) is 0 Å². The Morgan fingerprint density at radius 1 is 0.355 bits per heavy atom. The van der Waals surface area contributed by atoms with E-state index in [2.05, 4.69) is 109 Å². The Morgan fingerprint density at radius 2 is 0.839 bits per heavy atom. The lowest BCUT2D eigenvalue weighted by Crippen LogP contribution is -1.96. The number of thiophene rings is 1. The lowest BCUT2D eigenvalue weighted by atomic mass is 9.80. The standard InChI is InChI=1S/C30H18S/c1-2-10-20-19(9-1)21-11-3-4-13-23(21)26-17-18-27-24-14-7-8-16-28(24)31-30(27)29(26)25-15-6-5-12-22(20)25/h1-18H. The van der Waals surface area contributed by atoms with E-state index < -0.39 is 0 Å². The van der Waals surface area contributed by atoms with Crippen LogP contribution in [0.3, 0.4) is 0 Å². The van der Waals surface area contributed by atoms with Crippen LogP contribution in [0.15, 0.2) is 109 Å². The van der Waals surface area contributed by atoms with E-state index in [0.29, 0.717) is 0 Å². The molecule has 1 heteroatoms. The summed E-state index contributed by atoms with van der Waals surface area (Å²) in [6, 6.07) is 40.0. The summed E-state index contributed by atoms with van der Waals surface area (Å²) in [7, 11) is 0. The molecule has 0 N–H and O–H groups in total. The molecular weight excluding hydrogens is 392 g/mol. The molecular formula is C30H18S. The highest BCUT2D eigenvalue weighted by Gasteiger charge is 2.24. The molecule has 0 spiro atoms. The fourth-order valence-electron chi connectivity index (χ4n) is 5.12. The third kappa shape index (κ3) is 2.35. The van der Waals surface area contributed by atoms with Crippen molar-refractivity contribution in [2.45, 2.75) is 0 Å². The first kappa shape index (κ1) is 17.0. The van der Waals surface area contributed by atoms with Gasteiger partial charge in [-0.3, -0.25) is 0 Å². The lowest BCUT2D eigenvalue weighted by Gasteiger charge is -2.23. The Labute approximate surface area is 185 Å². The molecule has 0 bridgehead atoms. The highest BCUT2D eigenvalue weighted by Crippen LogP contribution is 2.51. The van der Waals surface area contributed by atoms with E-state index in [9.17, 15) is 0 Å². The molecule has 0 nitrogen and oxygen atoms in total. The number of rotatable bonds is 0. The maximum absolute atomic E-state index is 2.33. The lowest BCUT2D eigenvalue weighted by molar-refractivity contribution is 1.54. The van der Waals surface area contributed by atoms with E-state index in [1.54, 1.807) is 0 Å². The largest absolute Gasteiger partial charge is 0.135 e. The van der Waals surface area contributed by atoms with Crippen LogP contribution in [-0.4, -0.2) is 0 Å². The van der Waals surface area contributed by atoms with Crippen molar-refractivity contribution >= 4 is 31.5 Å². The van der Waals surface area contributed by atoms with Gasteiger partial charge in [-0.1, -0.05) is 103 Å². The summed E-state index contributed by atoms with van der Waals surface area (Å²) in [4.78, 5) is 0. The molecule has 31 heavy (non-hydrogen) atoms. The van der Waals surface area contributed by atoms with Gasteiger partial charge >= 0.3 is 0 Å². The second-order valence-electron chi connectivity index (χ2n) is 8.10. The van der Waals surface area contributed by atoms with Crippen molar-refractivity contribution < 1.29 is 0 Å². The summed E-state index contributed by atoms with van der Waals surface area (Å²) in [6.45, 7) is 0. The Kier molecular flexibility index (Phi) is 3.52. The van der Waals surface area contributed by atoms with Crippen LogP contribution in [0.2, 0.25) is 0 Å². The minimum absolute atomic E-state index is 1.30. The zero-order valence-corrected chi connectivity index (χ0v) is 17.6. The quantitative estimate of drug-likeness (QED) is 0.234. The first-order chi connectivity index (χ1) is 15.4. The molecule has 0 radical (unpaired) electrons. The Hall–Kier alpha value is -3.68. The fraction of sp³-hybridized carbons (Fsp3) is 0. The van der Waals surface area contributed by atoms with Gasteiger partial charge in [-0.05, 0) is 45.0 Å². The molecule has 144 valence electrons. The van der Waals surface area contributed by atoms with E-state index >= 15 is 0 Å². The smallest absolute Gasteiger partial charge is 0.0440 e. The Balaban J connectivity index is 1.74. The van der Waals surface area contributed by atoms with Gasteiger partial charge < -0.3 is 0 Å². The highest BCUT2D eigenvalue weighted by molar-refractivity contribution is 7.26. The second kappa shape index (κ2) is 6.41. The third-order valence-corrected chi connectivity index (χ3v) is 7.67. The van der Waals surface area contributed by atoms with Gasteiger partial charge in [0.15, 0.2) is 0 Å². The van der Waals surface area contributed by atoms with Gasteiger partial charge in [0.25, 0.3) is 0 Å². The number of hydrogen-bond acceptors (Lipinski definition) is 1. The van der Waals surface area contributed by atoms with Crippen LogP contribution in [-0.2, 0) is 0 Å². The number of hydrogen-bond donors (Lipinski definition) is 0. The van der Waals surface area contributed by atoms with Crippen molar-refractivity contribution in [3.8, 4) is 44.5 Å². The van der Waals surface area contributed by atoms with E-state index in [1.807, 2.05) is 11.3 Å². The highest BCUT2D eigenvalue weighted by atomic mass is 32.1. The third-order valence-electron chi connectivity index (χ3n) is 6.47. The van der Waals surface area contributed by atoms with Crippen molar-refractivity contribution in [2.75, 3.05) is 0 Å². The van der Waals surface area contributed by atoms with Crippen molar-refractivity contribution in [3.05, 3.63) is 109 Å². The van der Waals surface area contributed by atoms with E-state index in [1.165, 1.54) is 64.7 Å². The van der Waals surface area contributed by atoms with Crippen molar-refractivity contribution in [1.29, 1.82) is 0 Å². The number of fused-ring (bicyclic) bond motifs is 12. The summed E-state index contributed by atoms with van der Waals surface area (Å²) in [5.41, 5.74) is 10.5. The zero-order valence-electron chi connectivity index (χ0n) is 16.8. The first-order valence-electron chi connectivity index (χ1n) is 10.6. The molecule has 0 atom stereocenters. The maximum atomic E-state index is 2.33. The van der Waals surface area contributed by atoms with Gasteiger partial charge in [0.05, 0.1) is 0 Å². The molecule has 0 aliphatic heterocycles. The van der Waals surface area contributed by atoms with Crippen LogP contribution in [0, 0.1) is 0 Å². The first-order valence-corrected chi connectivity index (χ1v) is 11.4. The minimum atomic E-state index is 1.30. The van der Waals surface area contributed by atoms with Crippen LogP contribution in [0.4, 0.5) is 0 Å². The average molecular weight is 411 g/mol. The zero-order chi connectivity index (χ0) is 20.4. The molecule has 6 aromatic rings. The van der Waals surface area contributed by atoms with Gasteiger partial charge in [0, 0.05) is 25.7 Å².